The molecule has 1 aliphatic rings. The number of nitrogens with one attached hydrogen (secondary N) is 1. The van der Waals surface area contributed by atoms with E-state index in [2.05, 4.69) is 10.5 Å². The number of phenols is 1. The van der Waals surface area contributed by atoms with Crippen molar-refractivity contribution in [1.29, 1.82) is 0 Å². The van der Waals surface area contributed by atoms with Crippen LogP contribution >= 0.6 is 0 Å². The maximum absolute atomic E-state index is 12.4. The van der Waals surface area contributed by atoms with Gasteiger partial charge >= 0.3 is 0 Å². The van der Waals surface area contributed by atoms with Crippen molar-refractivity contribution >= 4 is 12.1 Å². The summed E-state index contributed by atoms with van der Waals surface area (Å²) >= 11 is 0. The fraction of sp³-hybridized carbons (Fsp3) is 0.263. The summed E-state index contributed by atoms with van der Waals surface area (Å²) in [4.78, 5) is 12.4. The SMILES string of the molecule is CCO[C@]1(c2ccccc2)C[C@H]1C(=O)N/N=C/c1ccccc1O. The molecule has 1 aliphatic carbocycles. The molecule has 3 rings (SSSR count). The van der Waals surface area contributed by atoms with E-state index in [0.717, 1.165) is 5.56 Å². The number of nitrogens with zero attached hydrogens (tertiary/aromatic N) is 1. The fourth-order valence-corrected chi connectivity index (χ4v) is 2.93. The van der Waals surface area contributed by atoms with Gasteiger partial charge in [-0.3, -0.25) is 4.79 Å². The second-order valence-corrected chi connectivity index (χ2v) is 5.74. The van der Waals surface area contributed by atoms with Crippen LogP contribution in [0, 0.1) is 5.92 Å². The van der Waals surface area contributed by atoms with E-state index in [4.69, 9.17) is 4.74 Å². The first kappa shape index (κ1) is 16.2. The number of aromatic hydroxyl groups is 1. The molecule has 0 bridgehead atoms. The molecule has 0 unspecified atom stereocenters. The zero-order chi connectivity index (χ0) is 17.0. The largest absolute Gasteiger partial charge is 0.507 e. The number of para-hydroxylation sites is 1. The smallest absolute Gasteiger partial charge is 0.246 e. The Morgan fingerprint density at radius 1 is 1.29 bits per heavy atom. The predicted octanol–water partition coefficient (Wildman–Crippen LogP) is 2.79. The molecule has 24 heavy (non-hydrogen) atoms. The van der Waals surface area contributed by atoms with E-state index in [-0.39, 0.29) is 17.6 Å². The number of rotatable bonds is 6. The van der Waals surface area contributed by atoms with Gasteiger partial charge in [0, 0.05) is 12.2 Å². The van der Waals surface area contributed by atoms with E-state index in [9.17, 15) is 9.90 Å². The van der Waals surface area contributed by atoms with Crippen molar-refractivity contribution in [3.05, 3.63) is 65.7 Å². The van der Waals surface area contributed by atoms with E-state index < -0.39 is 5.60 Å². The highest BCUT2D eigenvalue weighted by atomic mass is 16.5. The van der Waals surface area contributed by atoms with Crippen LogP contribution in [0.1, 0.15) is 24.5 Å². The lowest BCUT2D eigenvalue weighted by Gasteiger charge is -2.17. The van der Waals surface area contributed by atoms with Crippen LogP contribution in [0.3, 0.4) is 0 Å². The maximum Gasteiger partial charge on any atom is 0.246 e. The van der Waals surface area contributed by atoms with E-state index >= 15 is 0 Å². The van der Waals surface area contributed by atoms with Crippen molar-refractivity contribution in [2.75, 3.05) is 6.61 Å². The summed E-state index contributed by atoms with van der Waals surface area (Å²) in [6, 6.07) is 16.6. The first-order chi connectivity index (χ1) is 11.7. The van der Waals surface area contributed by atoms with Crippen LogP contribution in [0.5, 0.6) is 5.75 Å². The van der Waals surface area contributed by atoms with Crippen LogP contribution in [0.4, 0.5) is 0 Å². The van der Waals surface area contributed by atoms with Crippen molar-refractivity contribution in [3.8, 4) is 5.75 Å². The topological polar surface area (TPSA) is 70.9 Å². The quantitative estimate of drug-likeness (QED) is 0.634. The molecule has 0 saturated heterocycles. The number of ether oxygens (including phenoxy) is 1. The molecule has 0 aromatic heterocycles. The molecule has 2 aromatic carbocycles. The lowest BCUT2D eigenvalue weighted by atomic mass is 10.1. The minimum absolute atomic E-state index is 0.120. The van der Waals surface area contributed by atoms with Gasteiger partial charge in [0.2, 0.25) is 5.91 Å². The molecule has 5 nitrogen and oxygen atoms in total. The molecule has 2 N–H and O–H groups in total. The van der Waals surface area contributed by atoms with E-state index in [1.807, 2.05) is 37.3 Å². The number of carbonyl (C=O) groups excluding carboxylic acids is 1. The van der Waals surface area contributed by atoms with Gasteiger partial charge < -0.3 is 9.84 Å². The number of phenolic OH excluding ortho intramolecular Hbond substituents is 1. The molecule has 0 spiro atoms. The molecular formula is C19H20N2O3. The van der Waals surface area contributed by atoms with Gasteiger partial charge in [-0.15, -0.1) is 0 Å². The average Bonchev–Trinajstić information content (AvgIpc) is 3.33. The number of carbonyl (C=O) groups is 1. The van der Waals surface area contributed by atoms with Gasteiger partial charge in [-0.25, -0.2) is 5.43 Å². The molecule has 1 fully saturated rings. The third kappa shape index (κ3) is 3.16. The average molecular weight is 324 g/mol. The highest BCUT2D eigenvalue weighted by Crippen LogP contribution is 2.55. The minimum atomic E-state index is -0.551. The number of hydrogen-bond donors (Lipinski definition) is 2. The van der Waals surface area contributed by atoms with Gasteiger partial charge in [0.1, 0.15) is 11.4 Å². The Hall–Kier alpha value is -2.66. The Bertz CT molecular complexity index is 745. The normalized spacial score (nSPS) is 22.5. The van der Waals surface area contributed by atoms with Crippen LogP contribution in [-0.2, 0) is 15.1 Å². The zero-order valence-electron chi connectivity index (χ0n) is 13.5. The van der Waals surface area contributed by atoms with Crippen LogP contribution in [0.25, 0.3) is 0 Å². The summed E-state index contributed by atoms with van der Waals surface area (Å²) in [6.07, 6.45) is 2.07. The lowest BCUT2D eigenvalue weighted by Crippen LogP contribution is -2.26. The van der Waals surface area contributed by atoms with Crippen molar-refractivity contribution < 1.29 is 14.6 Å². The Morgan fingerprint density at radius 3 is 2.71 bits per heavy atom. The van der Waals surface area contributed by atoms with Crippen molar-refractivity contribution in [2.24, 2.45) is 11.0 Å². The molecule has 1 saturated carbocycles. The van der Waals surface area contributed by atoms with E-state index in [1.165, 1.54) is 6.21 Å². The molecule has 2 aromatic rings. The van der Waals surface area contributed by atoms with Gasteiger partial charge in [-0.1, -0.05) is 42.5 Å². The van der Waals surface area contributed by atoms with E-state index in [1.54, 1.807) is 24.3 Å². The monoisotopic (exact) mass is 324 g/mol. The van der Waals surface area contributed by atoms with Gasteiger partial charge in [-0.2, -0.15) is 5.10 Å². The van der Waals surface area contributed by atoms with Gasteiger partial charge in [0.05, 0.1) is 12.1 Å². The first-order valence-corrected chi connectivity index (χ1v) is 7.98. The molecule has 0 radical (unpaired) electrons. The standard InChI is InChI=1S/C19H20N2O3/c1-2-24-19(15-9-4-3-5-10-15)12-16(19)18(23)21-20-13-14-8-6-7-11-17(14)22/h3-11,13,16,22H,2,12H2,1H3,(H,21,23)/b20-13+/t16-,19-/m0/s1. The summed E-state index contributed by atoms with van der Waals surface area (Å²) in [6.45, 7) is 2.47. The summed E-state index contributed by atoms with van der Waals surface area (Å²) in [5.74, 6) is -0.324. The molecule has 5 heteroatoms. The Morgan fingerprint density at radius 2 is 2.00 bits per heavy atom. The first-order valence-electron chi connectivity index (χ1n) is 7.98. The fourth-order valence-electron chi connectivity index (χ4n) is 2.93. The lowest BCUT2D eigenvalue weighted by molar-refractivity contribution is -0.124. The van der Waals surface area contributed by atoms with Gasteiger partial charge in [0.15, 0.2) is 0 Å². The number of amides is 1. The third-order valence-electron chi connectivity index (χ3n) is 4.21. The molecule has 0 aliphatic heterocycles. The molecule has 124 valence electrons. The summed E-state index contributed by atoms with van der Waals surface area (Å²) in [5.41, 5.74) is 3.55. The number of hydrogen-bond acceptors (Lipinski definition) is 4. The minimum Gasteiger partial charge on any atom is -0.507 e. The van der Waals surface area contributed by atoms with Crippen LogP contribution < -0.4 is 5.43 Å². The molecule has 0 heterocycles. The summed E-state index contributed by atoms with van der Waals surface area (Å²) in [7, 11) is 0. The molecule has 1 amide bonds. The summed E-state index contributed by atoms with van der Waals surface area (Å²) < 4.78 is 5.89. The number of benzene rings is 2. The van der Waals surface area contributed by atoms with Gasteiger partial charge in [-0.05, 0) is 31.0 Å². The Balaban J connectivity index is 1.67. The molecule has 2 atom stereocenters. The van der Waals surface area contributed by atoms with Crippen molar-refractivity contribution in [1.82, 2.24) is 5.43 Å². The van der Waals surface area contributed by atoms with Crippen molar-refractivity contribution in [3.63, 3.8) is 0 Å². The highest BCUT2D eigenvalue weighted by Gasteiger charge is 2.60. The molecular weight excluding hydrogens is 304 g/mol. The van der Waals surface area contributed by atoms with Crippen LogP contribution in [0.2, 0.25) is 0 Å². The zero-order valence-corrected chi connectivity index (χ0v) is 13.5. The van der Waals surface area contributed by atoms with Crippen molar-refractivity contribution in [2.45, 2.75) is 18.9 Å². The van der Waals surface area contributed by atoms with Gasteiger partial charge in [0.25, 0.3) is 0 Å². The predicted molar refractivity (Wildman–Crippen MR) is 91.7 cm³/mol. The Labute approximate surface area is 141 Å². The van der Waals surface area contributed by atoms with Crippen LogP contribution in [-0.4, -0.2) is 23.8 Å². The van der Waals surface area contributed by atoms with Crippen LogP contribution in [0.15, 0.2) is 59.7 Å². The number of hydrazone groups is 1. The van der Waals surface area contributed by atoms with E-state index in [0.29, 0.717) is 18.6 Å². The summed E-state index contributed by atoms with van der Waals surface area (Å²) in [5, 5.41) is 13.6. The Kier molecular flexibility index (Phi) is 4.62. The maximum atomic E-state index is 12.4. The third-order valence-corrected chi connectivity index (χ3v) is 4.21. The second kappa shape index (κ2) is 6.84. The highest BCUT2D eigenvalue weighted by molar-refractivity contribution is 5.87. The second-order valence-electron chi connectivity index (χ2n) is 5.74.